The van der Waals surface area contributed by atoms with Gasteiger partial charge in [-0.3, -0.25) is 0 Å². The largest absolute Gasteiger partial charge is 0.548 e. The molecule has 0 saturated carbocycles. The van der Waals surface area contributed by atoms with E-state index in [1.165, 1.54) is 24.3 Å². The van der Waals surface area contributed by atoms with Crippen LogP contribution in [0.15, 0.2) is 59.5 Å². The first-order chi connectivity index (χ1) is 9.90. The fourth-order valence-electron chi connectivity index (χ4n) is 1.84. The van der Waals surface area contributed by atoms with Crippen LogP contribution in [-0.4, -0.2) is 14.4 Å². The summed E-state index contributed by atoms with van der Waals surface area (Å²) in [5.41, 5.74) is 1.22. The van der Waals surface area contributed by atoms with Crippen molar-refractivity contribution in [1.82, 2.24) is 4.72 Å². The molecule has 21 heavy (non-hydrogen) atoms. The van der Waals surface area contributed by atoms with Gasteiger partial charge in [-0.2, -0.15) is 4.72 Å². The summed E-state index contributed by atoms with van der Waals surface area (Å²) in [5.74, 6) is -1.50. The number of carboxylic acid groups (broad SMARTS) is 1. The number of aliphatic carboxylic acids is 1. The average Bonchev–Trinajstić information content (AvgIpc) is 2.46. The number of carbonyl (C=O) groups excluding carboxylic acids is 1. The number of sulfonamides is 1. The molecule has 0 aromatic heterocycles. The summed E-state index contributed by atoms with van der Waals surface area (Å²) in [6.07, 6.45) is 0. The van der Waals surface area contributed by atoms with E-state index in [4.69, 9.17) is 0 Å². The van der Waals surface area contributed by atoms with Gasteiger partial charge in [0.15, 0.2) is 0 Å². The van der Waals surface area contributed by atoms with Crippen molar-refractivity contribution in [1.29, 1.82) is 0 Å². The molecule has 110 valence electrons. The molecule has 0 amide bonds. The zero-order chi connectivity index (χ0) is 15.5. The van der Waals surface area contributed by atoms with Gasteiger partial charge >= 0.3 is 0 Å². The molecule has 2 rings (SSSR count). The van der Waals surface area contributed by atoms with Crippen LogP contribution in [0.4, 0.5) is 0 Å². The fraction of sp³-hybridized carbons (Fsp3) is 0.133. The van der Waals surface area contributed by atoms with Gasteiger partial charge in [-0.15, -0.1) is 0 Å². The highest BCUT2D eigenvalue weighted by Gasteiger charge is 2.22. The van der Waals surface area contributed by atoms with Crippen molar-refractivity contribution in [3.8, 4) is 0 Å². The second-order valence-corrected chi connectivity index (χ2v) is 6.31. The Hall–Kier alpha value is -2.18. The Morgan fingerprint density at radius 1 is 1.05 bits per heavy atom. The zero-order valence-electron chi connectivity index (χ0n) is 11.3. The molecule has 0 fully saturated rings. The van der Waals surface area contributed by atoms with E-state index in [-0.39, 0.29) is 4.90 Å². The van der Waals surface area contributed by atoms with Crippen LogP contribution in [0.5, 0.6) is 0 Å². The number of benzene rings is 2. The maximum absolute atomic E-state index is 12.2. The molecule has 6 heteroatoms. The Morgan fingerprint density at radius 3 is 2.14 bits per heavy atom. The van der Waals surface area contributed by atoms with Crippen molar-refractivity contribution in [2.24, 2.45) is 0 Å². The molecule has 0 saturated heterocycles. The lowest BCUT2D eigenvalue weighted by Gasteiger charge is -2.20. The van der Waals surface area contributed by atoms with Crippen LogP contribution < -0.4 is 9.83 Å². The van der Waals surface area contributed by atoms with E-state index >= 15 is 0 Å². The predicted molar refractivity (Wildman–Crippen MR) is 75.7 cm³/mol. The van der Waals surface area contributed by atoms with Gasteiger partial charge in [0, 0.05) is 0 Å². The summed E-state index contributed by atoms with van der Waals surface area (Å²) in [4.78, 5) is 11.2. The Balaban J connectivity index is 2.32. The molecule has 2 aromatic carbocycles. The Labute approximate surface area is 123 Å². The van der Waals surface area contributed by atoms with Gasteiger partial charge in [-0.05, 0) is 24.6 Å². The van der Waals surface area contributed by atoms with Gasteiger partial charge in [0.25, 0.3) is 0 Å². The lowest BCUT2D eigenvalue weighted by molar-refractivity contribution is -0.308. The third kappa shape index (κ3) is 3.68. The summed E-state index contributed by atoms with van der Waals surface area (Å²) in [7, 11) is -3.94. The number of carbonyl (C=O) groups is 1. The average molecular weight is 304 g/mol. The van der Waals surface area contributed by atoms with Gasteiger partial charge in [0.1, 0.15) is 0 Å². The normalized spacial score (nSPS) is 12.8. The van der Waals surface area contributed by atoms with Crippen molar-refractivity contribution in [3.63, 3.8) is 0 Å². The number of nitrogens with one attached hydrogen (secondary N) is 1. The van der Waals surface area contributed by atoms with E-state index < -0.39 is 22.0 Å². The molecule has 1 atom stereocenters. The number of hydrogen-bond donors (Lipinski definition) is 1. The summed E-state index contributed by atoms with van der Waals surface area (Å²) in [5, 5.41) is 11.2. The zero-order valence-corrected chi connectivity index (χ0v) is 12.1. The van der Waals surface area contributed by atoms with Gasteiger partial charge < -0.3 is 9.90 Å². The van der Waals surface area contributed by atoms with Crippen LogP contribution in [-0.2, 0) is 14.8 Å². The number of aryl methyl sites for hydroxylation is 1. The van der Waals surface area contributed by atoms with E-state index in [0.29, 0.717) is 5.56 Å². The topological polar surface area (TPSA) is 86.3 Å². The molecule has 0 heterocycles. The van der Waals surface area contributed by atoms with Gasteiger partial charge in [0.05, 0.1) is 16.9 Å². The van der Waals surface area contributed by atoms with Crippen LogP contribution in [0.2, 0.25) is 0 Å². The summed E-state index contributed by atoms with van der Waals surface area (Å²) in [6, 6.07) is 12.7. The number of carboxylic acids is 1. The minimum atomic E-state index is -3.94. The minimum Gasteiger partial charge on any atom is -0.548 e. The molecule has 0 spiro atoms. The molecule has 2 aromatic rings. The van der Waals surface area contributed by atoms with Crippen LogP contribution in [0.25, 0.3) is 0 Å². The number of hydrogen-bond acceptors (Lipinski definition) is 4. The van der Waals surface area contributed by atoms with E-state index in [1.54, 1.807) is 30.3 Å². The SMILES string of the molecule is Cc1ccc(S(=O)(=O)N[C@H](C(=O)[O-])c2ccccc2)cc1. The highest BCUT2D eigenvalue weighted by Crippen LogP contribution is 2.17. The van der Waals surface area contributed by atoms with Gasteiger partial charge in [-0.1, -0.05) is 48.0 Å². The molecule has 0 aliphatic heterocycles. The van der Waals surface area contributed by atoms with E-state index in [9.17, 15) is 18.3 Å². The first-order valence-electron chi connectivity index (χ1n) is 6.25. The molecular weight excluding hydrogens is 290 g/mol. The molecule has 1 N–H and O–H groups in total. The minimum absolute atomic E-state index is 0.00952. The lowest BCUT2D eigenvalue weighted by atomic mass is 10.1. The highest BCUT2D eigenvalue weighted by molar-refractivity contribution is 7.89. The summed E-state index contributed by atoms with van der Waals surface area (Å²) in [6.45, 7) is 1.83. The van der Waals surface area contributed by atoms with E-state index in [1.807, 2.05) is 6.92 Å². The third-order valence-electron chi connectivity index (χ3n) is 2.97. The molecule has 0 aliphatic rings. The number of rotatable bonds is 5. The molecule has 0 bridgehead atoms. The van der Waals surface area contributed by atoms with Crippen molar-refractivity contribution in [3.05, 3.63) is 65.7 Å². The van der Waals surface area contributed by atoms with Crippen LogP contribution in [0.1, 0.15) is 17.2 Å². The Kier molecular flexibility index (Phi) is 4.40. The van der Waals surface area contributed by atoms with Crippen molar-refractivity contribution in [2.75, 3.05) is 0 Å². The maximum atomic E-state index is 12.2. The van der Waals surface area contributed by atoms with Crippen molar-refractivity contribution < 1.29 is 18.3 Å². The lowest BCUT2D eigenvalue weighted by Crippen LogP contribution is -2.41. The van der Waals surface area contributed by atoms with E-state index in [2.05, 4.69) is 4.72 Å². The second-order valence-electron chi connectivity index (χ2n) is 4.60. The van der Waals surface area contributed by atoms with Crippen molar-refractivity contribution in [2.45, 2.75) is 17.9 Å². The Morgan fingerprint density at radius 2 is 1.62 bits per heavy atom. The summed E-state index contributed by atoms with van der Waals surface area (Å²) >= 11 is 0. The fourth-order valence-corrected chi connectivity index (χ4v) is 3.01. The van der Waals surface area contributed by atoms with Crippen LogP contribution in [0.3, 0.4) is 0 Å². The van der Waals surface area contributed by atoms with Crippen molar-refractivity contribution >= 4 is 16.0 Å². The van der Waals surface area contributed by atoms with Gasteiger partial charge in [-0.25, -0.2) is 8.42 Å². The monoisotopic (exact) mass is 304 g/mol. The van der Waals surface area contributed by atoms with E-state index in [0.717, 1.165) is 5.56 Å². The molecule has 0 radical (unpaired) electrons. The first kappa shape index (κ1) is 15.2. The standard InChI is InChI=1S/C15H15NO4S/c1-11-7-9-13(10-8-11)21(19,20)16-14(15(17)18)12-5-3-2-4-6-12/h2-10,14,16H,1H3,(H,17,18)/p-1/t14-/m0/s1. The van der Waals surface area contributed by atoms with Crippen LogP contribution in [0, 0.1) is 6.92 Å². The second kappa shape index (κ2) is 6.07. The smallest absolute Gasteiger partial charge is 0.241 e. The predicted octanol–water partition coefficient (Wildman–Crippen LogP) is 0.765. The molecular formula is C15H14NO4S-. The summed E-state index contributed by atoms with van der Waals surface area (Å²) < 4.78 is 26.6. The molecule has 0 unspecified atom stereocenters. The highest BCUT2D eigenvalue weighted by atomic mass is 32.2. The third-order valence-corrected chi connectivity index (χ3v) is 4.41. The maximum Gasteiger partial charge on any atom is 0.241 e. The molecule has 5 nitrogen and oxygen atoms in total. The first-order valence-corrected chi connectivity index (χ1v) is 7.73. The van der Waals surface area contributed by atoms with Crippen LogP contribution >= 0.6 is 0 Å². The van der Waals surface area contributed by atoms with Gasteiger partial charge in [0.2, 0.25) is 10.0 Å². The Bertz CT molecular complexity index is 724. The quantitative estimate of drug-likeness (QED) is 0.883. The molecule has 0 aliphatic carbocycles.